The Morgan fingerprint density at radius 2 is 2.17 bits per heavy atom. The van der Waals surface area contributed by atoms with Gasteiger partial charge in [-0.05, 0) is 53.8 Å². The van der Waals surface area contributed by atoms with E-state index in [0.717, 1.165) is 9.13 Å². The van der Waals surface area contributed by atoms with Crippen molar-refractivity contribution in [2.24, 2.45) is 0 Å². The van der Waals surface area contributed by atoms with E-state index in [4.69, 9.17) is 9.84 Å². The van der Waals surface area contributed by atoms with Crippen molar-refractivity contribution in [1.82, 2.24) is 4.98 Å². The Labute approximate surface area is 118 Å². The smallest absolute Gasteiger partial charge is 0.335 e. The molecule has 0 radical (unpaired) electrons. The summed E-state index contributed by atoms with van der Waals surface area (Å²) >= 11 is 2.09. The molecule has 1 aromatic carbocycles. The molecular formula is C13H10INO3. The van der Waals surface area contributed by atoms with Crippen molar-refractivity contribution in [2.75, 3.05) is 0 Å². The number of carboxylic acid groups (broad SMARTS) is 1. The van der Waals surface area contributed by atoms with Gasteiger partial charge in [0.15, 0.2) is 0 Å². The Morgan fingerprint density at radius 3 is 2.83 bits per heavy atom. The minimum absolute atomic E-state index is 0.194. The molecule has 0 aliphatic rings. The first-order valence-electron chi connectivity index (χ1n) is 5.20. The number of hydrogen-bond acceptors (Lipinski definition) is 3. The number of benzene rings is 1. The summed E-state index contributed by atoms with van der Waals surface area (Å²) in [6.07, 6.45) is 1.64. The minimum atomic E-state index is -0.978. The van der Waals surface area contributed by atoms with Gasteiger partial charge in [-0.25, -0.2) is 9.78 Å². The summed E-state index contributed by atoms with van der Waals surface area (Å²) in [7, 11) is 0. The van der Waals surface area contributed by atoms with Crippen molar-refractivity contribution in [3.05, 3.63) is 51.2 Å². The predicted molar refractivity (Wildman–Crippen MR) is 75.2 cm³/mol. The van der Waals surface area contributed by atoms with Gasteiger partial charge >= 0.3 is 5.97 Å². The highest BCUT2D eigenvalue weighted by Gasteiger charge is 2.10. The Kier molecular flexibility index (Phi) is 3.81. The maximum atomic E-state index is 10.9. The number of halogens is 1. The number of aromatic nitrogens is 1. The maximum absolute atomic E-state index is 10.9. The number of carbonyl (C=O) groups is 1. The average Bonchev–Trinajstić information content (AvgIpc) is 2.34. The molecule has 92 valence electrons. The molecule has 2 rings (SSSR count). The van der Waals surface area contributed by atoms with Crippen molar-refractivity contribution in [1.29, 1.82) is 0 Å². The molecule has 0 aliphatic carbocycles. The number of hydrogen-bond donors (Lipinski definition) is 1. The lowest BCUT2D eigenvalue weighted by Gasteiger charge is -2.09. The number of ether oxygens (including phenoxy) is 1. The van der Waals surface area contributed by atoms with Crippen LogP contribution in [0.1, 0.15) is 15.9 Å². The van der Waals surface area contributed by atoms with Gasteiger partial charge in [0.05, 0.1) is 9.13 Å². The molecule has 18 heavy (non-hydrogen) atoms. The molecule has 0 saturated carbocycles. The van der Waals surface area contributed by atoms with Crippen LogP contribution in [0.15, 0.2) is 36.5 Å². The van der Waals surface area contributed by atoms with E-state index in [2.05, 4.69) is 27.6 Å². The van der Waals surface area contributed by atoms with E-state index >= 15 is 0 Å². The van der Waals surface area contributed by atoms with Crippen LogP contribution in [0.5, 0.6) is 11.6 Å². The largest absolute Gasteiger partial charge is 0.478 e. The van der Waals surface area contributed by atoms with Gasteiger partial charge in [0, 0.05) is 11.8 Å². The molecule has 1 N–H and O–H groups in total. The van der Waals surface area contributed by atoms with Crippen LogP contribution in [0.25, 0.3) is 0 Å². The first kappa shape index (κ1) is 12.8. The maximum Gasteiger partial charge on any atom is 0.335 e. The average molecular weight is 355 g/mol. The fraction of sp³-hybridized carbons (Fsp3) is 0.0769. The summed E-state index contributed by atoms with van der Waals surface area (Å²) in [6.45, 7) is 1.89. The number of pyridine rings is 1. The van der Waals surface area contributed by atoms with Crippen molar-refractivity contribution < 1.29 is 14.6 Å². The Morgan fingerprint density at radius 1 is 1.39 bits per heavy atom. The first-order valence-corrected chi connectivity index (χ1v) is 6.28. The van der Waals surface area contributed by atoms with Crippen LogP contribution in [0.4, 0.5) is 0 Å². The zero-order valence-electron chi connectivity index (χ0n) is 9.55. The van der Waals surface area contributed by atoms with Crippen LogP contribution < -0.4 is 4.74 Å². The third-order valence-corrected chi connectivity index (χ3v) is 3.24. The zero-order chi connectivity index (χ0) is 13.1. The minimum Gasteiger partial charge on any atom is -0.478 e. The van der Waals surface area contributed by atoms with Crippen LogP contribution in [0, 0.1) is 10.5 Å². The Hall–Kier alpha value is -1.63. The number of carboxylic acids is 1. The van der Waals surface area contributed by atoms with Gasteiger partial charge in [0.1, 0.15) is 5.75 Å². The molecule has 0 atom stereocenters. The summed E-state index contributed by atoms with van der Waals surface area (Å²) in [5.74, 6) is 0.00393. The zero-order valence-corrected chi connectivity index (χ0v) is 11.7. The fourth-order valence-electron chi connectivity index (χ4n) is 1.40. The lowest BCUT2D eigenvalue weighted by atomic mass is 10.2. The highest BCUT2D eigenvalue weighted by Crippen LogP contribution is 2.28. The summed E-state index contributed by atoms with van der Waals surface area (Å²) in [4.78, 5) is 15.0. The van der Waals surface area contributed by atoms with Gasteiger partial charge in [0.2, 0.25) is 5.88 Å². The molecule has 4 nitrogen and oxygen atoms in total. The van der Waals surface area contributed by atoms with E-state index in [9.17, 15) is 4.79 Å². The summed E-state index contributed by atoms with van der Waals surface area (Å²) < 4.78 is 6.48. The molecule has 0 fully saturated rings. The van der Waals surface area contributed by atoms with Crippen molar-refractivity contribution in [3.63, 3.8) is 0 Å². The standard InChI is InChI=1S/C13H10INO3/c1-8-3-2-6-15-12(8)18-11-7-9(13(16)17)4-5-10(11)14/h2-7H,1H3,(H,16,17). The van der Waals surface area contributed by atoms with Crippen LogP contribution in [0.2, 0.25) is 0 Å². The highest BCUT2D eigenvalue weighted by molar-refractivity contribution is 14.1. The summed E-state index contributed by atoms with van der Waals surface area (Å²) in [5.41, 5.74) is 1.09. The summed E-state index contributed by atoms with van der Waals surface area (Å²) in [5, 5.41) is 8.95. The molecule has 0 unspecified atom stereocenters. The van der Waals surface area contributed by atoms with Crippen LogP contribution in [-0.4, -0.2) is 16.1 Å². The molecule has 5 heteroatoms. The molecule has 0 amide bonds. The monoisotopic (exact) mass is 355 g/mol. The number of rotatable bonds is 3. The van der Waals surface area contributed by atoms with E-state index in [0.29, 0.717) is 11.6 Å². The Balaban J connectivity index is 2.37. The van der Waals surface area contributed by atoms with Crippen LogP contribution >= 0.6 is 22.6 Å². The van der Waals surface area contributed by atoms with Gasteiger partial charge in [0.25, 0.3) is 0 Å². The Bertz CT molecular complexity index is 599. The van der Waals surface area contributed by atoms with Crippen molar-refractivity contribution in [3.8, 4) is 11.6 Å². The quantitative estimate of drug-likeness (QED) is 0.857. The molecule has 0 saturated heterocycles. The van der Waals surface area contributed by atoms with E-state index in [1.807, 2.05) is 19.1 Å². The molecule has 2 aromatic rings. The topological polar surface area (TPSA) is 59.4 Å². The van der Waals surface area contributed by atoms with E-state index < -0.39 is 5.97 Å². The summed E-state index contributed by atoms with van der Waals surface area (Å²) in [6, 6.07) is 8.45. The van der Waals surface area contributed by atoms with Gasteiger partial charge in [-0.15, -0.1) is 0 Å². The molecule has 1 heterocycles. The second-order valence-electron chi connectivity index (χ2n) is 3.68. The van der Waals surface area contributed by atoms with E-state index in [-0.39, 0.29) is 5.56 Å². The van der Waals surface area contributed by atoms with E-state index in [1.165, 1.54) is 6.07 Å². The lowest BCUT2D eigenvalue weighted by Crippen LogP contribution is -1.98. The molecular weight excluding hydrogens is 345 g/mol. The third-order valence-electron chi connectivity index (χ3n) is 2.35. The second kappa shape index (κ2) is 5.34. The van der Waals surface area contributed by atoms with Gasteiger partial charge in [-0.1, -0.05) is 6.07 Å². The fourth-order valence-corrected chi connectivity index (χ4v) is 1.84. The highest BCUT2D eigenvalue weighted by atomic mass is 127. The van der Waals surface area contributed by atoms with E-state index in [1.54, 1.807) is 18.3 Å². The third kappa shape index (κ3) is 2.79. The molecule has 1 aromatic heterocycles. The van der Waals surface area contributed by atoms with Crippen LogP contribution in [0.3, 0.4) is 0 Å². The molecule has 0 bridgehead atoms. The second-order valence-corrected chi connectivity index (χ2v) is 4.84. The number of aromatic carboxylic acids is 1. The van der Waals surface area contributed by atoms with Gasteiger partial charge in [-0.2, -0.15) is 0 Å². The molecule has 0 spiro atoms. The van der Waals surface area contributed by atoms with Crippen molar-refractivity contribution in [2.45, 2.75) is 6.92 Å². The lowest BCUT2D eigenvalue weighted by molar-refractivity contribution is 0.0696. The van der Waals surface area contributed by atoms with Crippen LogP contribution in [-0.2, 0) is 0 Å². The first-order chi connectivity index (χ1) is 8.58. The molecule has 0 aliphatic heterocycles. The number of aryl methyl sites for hydroxylation is 1. The SMILES string of the molecule is Cc1cccnc1Oc1cc(C(=O)O)ccc1I. The normalized spacial score (nSPS) is 10.1. The number of nitrogens with zero attached hydrogens (tertiary/aromatic N) is 1. The predicted octanol–water partition coefficient (Wildman–Crippen LogP) is 3.49. The van der Waals surface area contributed by atoms with Crippen molar-refractivity contribution >= 4 is 28.6 Å². The van der Waals surface area contributed by atoms with Gasteiger partial charge < -0.3 is 9.84 Å². The van der Waals surface area contributed by atoms with Gasteiger partial charge in [-0.3, -0.25) is 0 Å².